The molecule has 1 aliphatic carbocycles. The predicted octanol–water partition coefficient (Wildman–Crippen LogP) is 7.20. The van der Waals surface area contributed by atoms with E-state index >= 15 is 8.78 Å². The van der Waals surface area contributed by atoms with Crippen molar-refractivity contribution in [2.24, 2.45) is 0 Å². The Bertz CT molecular complexity index is 1020. The molecule has 0 amide bonds. The fourth-order valence-electron chi connectivity index (χ4n) is 3.28. The Hall–Kier alpha value is -2.69. The van der Waals surface area contributed by atoms with E-state index in [2.05, 4.69) is 0 Å². The number of alkyl halides is 5. The van der Waals surface area contributed by atoms with Gasteiger partial charge in [0.1, 0.15) is 0 Å². The van der Waals surface area contributed by atoms with Crippen LogP contribution in [0.4, 0.5) is 22.0 Å². The van der Waals surface area contributed by atoms with E-state index in [1.165, 1.54) is 0 Å². The lowest BCUT2D eigenvalue weighted by Crippen LogP contribution is -2.17. The second-order valence-corrected chi connectivity index (χ2v) is 6.69. The van der Waals surface area contributed by atoms with Crippen LogP contribution < -0.4 is 0 Å². The summed E-state index contributed by atoms with van der Waals surface area (Å²) in [5.41, 5.74) is -0.402. The zero-order valence-corrected chi connectivity index (χ0v) is 14.2. The second kappa shape index (κ2) is 6.19. The monoisotopic (exact) mass is 374 g/mol. The minimum Gasteiger partial charge on any atom is -0.196 e. The number of benzene rings is 3. The van der Waals surface area contributed by atoms with Gasteiger partial charge in [-0.25, -0.2) is 0 Å². The van der Waals surface area contributed by atoms with Gasteiger partial charge in [-0.05, 0) is 47.4 Å². The molecule has 0 nitrogen and oxygen atoms in total. The van der Waals surface area contributed by atoms with E-state index in [0.717, 1.165) is 22.9 Å². The number of fused-ring (bicyclic) bond motifs is 1. The van der Waals surface area contributed by atoms with Gasteiger partial charge < -0.3 is 0 Å². The number of rotatable bonds is 3. The van der Waals surface area contributed by atoms with Crippen LogP contribution in [0.25, 0.3) is 16.3 Å². The van der Waals surface area contributed by atoms with Gasteiger partial charge in [0.25, 0.3) is 5.92 Å². The number of hydrogen-bond donors (Lipinski definition) is 0. The average molecular weight is 374 g/mol. The molecule has 0 saturated heterocycles. The van der Waals surface area contributed by atoms with Gasteiger partial charge in [0.05, 0.1) is 5.56 Å². The molecule has 0 aromatic heterocycles. The normalized spacial score (nSPS) is 14.5. The molecule has 0 N–H and O–H groups in total. The lowest BCUT2D eigenvalue weighted by Gasteiger charge is -2.22. The van der Waals surface area contributed by atoms with Crippen molar-refractivity contribution < 1.29 is 22.0 Å². The third-order valence-corrected chi connectivity index (χ3v) is 4.78. The van der Waals surface area contributed by atoms with E-state index in [0.29, 0.717) is 36.1 Å². The SMILES string of the molecule is FC(F)(F)c1ccc(C(F)(F)C(=C2CC2)c2ccc3ccccc3c2)cc1. The highest BCUT2D eigenvalue weighted by Crippen LogP contribution is 2.50. The van der Waals surface area contributed by atoms with E-state index in [1.807, 2.05) is 24.3 Å². The van der Waals surface area contributed by atoms with Gasteiger partial charge in [0.15, 0.2) is 0 Å². The van der Waals surface area contributed by atoms with Crippen LogP contribution in [0, 0.1) is 0 Å². The van der Waals surface area contributed by atoms with Gasteiger partial charge in [0, 0.05) is 11.1 Å². The van der Waals surface area contributed by atoms with Gasteiger partial charge in [-0.2, -0.15) is 22.0 Å². The van der Waals surface area contributed by atoms with Crippen LogP contribution in [0.2, 0.25) is 0 Å². The van der Waals surface area contributed by atoms with Crippen LogP contribution >= 0.6 is 0 Å². The Morgan fingerprint density at radius 1 is 0.667 bits per heavy atom. The molecule has 1 aliphatic rings. The molecule has 0 unspecified atom stereocenters. The fourth-order valence-corrected chi connectivity index (χ4v) is 3.28. The van der Waals surface area contributed by atoms with Crippen LogP contribution in [-0.2, 0) is 12.1 Å². The van der Waals surface area contributed by atoms with Crippen molar-refractivity contribution in [3.63, 3.8) is 0 Å². The molecular formula is C22H15F5. The lowest BCUT2D eigenvalue weighted by atomic mass is 9.91. The minimum atomic E-state index is -4.55. The maximum atomic E-state index is 15.3. The van der Waals surface area contributed by atoms with E-state index in [9.17, 15) is 13.2 Å². The molecular weight excluding hydrogens is 359 g/mol. The molecule has 5 heteroatoms. The first-order valence-electron chi connectivity index (χ1n) is 8.54. The summed E-state index contributed by atoms with van der Waals surface area (Å²) < 4.78 is 68.8. The Morgan fingerprint density at radius 2 is 1.26 bits per heavy atom. The second-order valence-electron chi connectivity index (χ2n) is 6.69. The molecule has 0 atom stereocenters. The summed E-state index contributed by atoms with van der Waals surface area (Å²) in [6, 6.07) is 15.8. The summed E-state index contributed by atoms with van der Waals surface area (Å²) in [5.74, 6) is -3.36. The van der Waals surface area contributed by atoms with E-state index in [1.54, 1.807) is 18.2 Å². The topological polar surface area (TPSA) is 0 Å². The molecule has 27 heavy (non-hydrogen) atoms. The van der Waals surface area contributed by atoms with E-state index < -0.39 is 23.2 Å². The van der Waals surface area contributed by atoms with Crippen molar-refractivity contribution in [2.45, 2.75) is 24.9 Å². The predicted molar refractivity (Wildman–Crippen MR) is 95.4 cm³/mol. The Kier molecular flexibility index (Phi) is 4.06. The highest BCUT2D eigenvalue weighted by Gasteiger charge is 2.42. The van der Waals surface area contributed by atoms with Crippen molar-refractivity contribution >= 4 is 16.3 Å². The number of halogens is 5. The third-order valence-electron chi connectivity index (χ3n) is 4.78. The zero-order chi connectivity index (χ0) is 19.2. The largest absolute Gasteiger partial charge is 0.416 e. The van der Waals surface area contributed by atoms with Gasteiger partial charge in [0.2, 0.25) is 0 Å². The smallest absolute Gasteiger partial charge is 0.196 e. The van der Waals surface area contributed by atoms with Gasteiger partial charge in [-0.15, -0.1) is 0 Å². The van der Waals surface area contributed by atoms with E-state index in [4.69, 9.17) is 0 Å². The van der Waals surface area contributed by atoms with Crippen LogP contribution in [0.15, 0.2) is 72.3 Å². The zero-order valence-electron chi connectivity index (χ0n) is 14.2. The quantitative estimate of drug-likeness (QED) is 0.425. The summed E-state index contributed by atoms with van der Waals surface area (Å²) in [5, 5.41) is 1.79. The molecule has 3 aromatic carbocycles. The minimum absolute atomic E-state index is 0.0898. The molecule has 3 aromatic rings. The maximum Gasteiger partial charge on any atom is 0.416 e. The summed E-state index contributed by atoms with van der Waals surface area (Å²) in [4.78, 5) is 0. The summed E-state index contributed by atoms with van der Waals surface area (Å²) >= 11 is 0. The summed E-state index contributed by atoms with van der Waals surface area (Å²) in [7, 11) is 0. The van der Waals surface area contributed by atoms with Crippen LogP contribution in [0.3, 0.4) is 0 Å². The molecule has 0 aliphatic heterocycles. The standard InChI is InChI=1S/C22H15F5/c23-21(24,18-9-11-19(12-10-18)22(25,26)27)20(15-6-7-15)17-8-5-14-3-1-2-4-16(14)13-17/h1-5,8-13H,6-7H2. The Morgan fingerprint density at radius 3 is 1.85 bits per heavy atom. The van der Waals surface area contributed by atoms with Gasteiger partial charge in [-0.1, -0.05) is 54.1 Å². The lowest BCUT2D eigenvalue weighted by molar-refractivity contribution is -0.137. The van der Waals surface area contributed by atoms with E-state index in [-0.39, 0.29) is 5.57 Å². The average Bonchev–Trinajstić information content (AvgIpc) is 3.46. The highest BCUT2D eigenvalue weighted by atomic mass is 19.4. The molecule has 0 radical (unpaired) electrons. The number of hydrogen-bond acceptors (Lipinski definition) is 0. The summed E-state index contributed by atoms with van der Waals surface area (Å²) in [6.07, 6.45) is -3.39. The van der Waals surface area contributed by atoms with Crippen LogP contribution in [-0.4, -0.2) is 0 Å². The third kappa shape index (κ3) is 3.34. The van der Waals surface area contributed by atoms with Gasteiger partial charge >= 0.3 is 6.18 Å². The van der Waals surface area contributed by atoms with Crippen molar-refractivity contribution in [3.05, 3.63) is 89.0 Å². The molecule has 4 rings (SSSR count). The van der Waals surface area contributed by atoms with Crippen molar-refractivity contribution in [2.75, 3.05) is 0 Å². The molecule has 0 heterocycles. The molecule has 138 valence electrons. The van der Waals surface area contributed by atoms with Crippen molar-refractivity contribution in [3.8, 4) is 0 Å². The van der Waals surface area contributed by atoms with Crippen LogP contribution in [0.1, 0.15) is 29.5 Å². The molecule has 0 bridgehead atoms. The molecule has 1 saturated carbocycles. The highest BCUT2D eigenvalue weighted by molar-refractivity contribution is 5.88. The van der Waals surface area contributed by atoms with Crippen molar-refractivity contribution in [1.29, 1.82) is 0 Å². The molecule has 0 spiro atoms. The maximum absolute atomic E-state index is 15.3. The first-order chi connectivity index (χ1) is 12.8. The fraction of sp³-hybridized carbons (Fsp3) is 0.182. The van der Waals surface area contributed by atoms with Crippen LogP contribution in [0.5, 0.6) is 0 Å². The van der Waals surface area contributed by atoms with Crippen molar-refractivity contribution in [1.82, 2.24) is 0 Å². The first kappa shape index (κ1) is 17.7. The number of allylic oxidation sites excluding steroid dienone is 2. The first-order valence-corrected chi connectivity index (χ1v) is 8.54. The summed E-state index contributed by atoms with van der Waals surface area (Å²) in [6.45, 7) is 0. The van der Waals surface area contributed by atoms with Gasteiger partial charge in [-0.3, -0.25) is 0 Å². The Balaban J connectivity index is 1.78. The molecule has 1 fully saturated rings. The Labute approximate surface area is 152 Å².